The fourth-order valence-corrected chi connectivity index (χ4v) is 3.94. The van der Waals surface area contributed by atoms with E-state index in [0.717, 1.165) is 88.4 Å². The van der Waals surface area contributed by atoms with Crippen molar-refractivity contribution >= 4 is 35.9 Å². The second kappa shape index (κ2) is 15.0. The van der Waals surface area contributed by atoms with Gasteiger partial charge in [-0.3, -0.25) is 4.90 Å². The molecule has 3 rings (SSSR count). The van der Waals surface area contributed by atoms with Crippen molar-refractivity contribution in [2.45, 2.75) is 52.5 Å². The number of halogens is 1. The Morgan fingerprint density at radius 1 is 1.09 bits per heavy atom. The standard InChI is InChI=1S/C23H38N8O.HI/c1-4-19(5-2)21-17-20(32-29-21)18-28-22(24-6-3)25-11-8-12-30-13-15-31(16-14-30)23-26-9-7-10-27-23;/h7,9-10,17,19H,4-6,8,11-16,18H2,1-3H3,(H2,24,25,28);1H. The molecule has 1 saturated heterocycles. The van der Waals surface area contributed by atoms with Gasteiger partial charge >= 0.3 is 0 Å². The Labute approximate surface area is 214 Å². The minimum absolute atomic E-state index is 0. The topological polar surface area (TPSA) is 94.7 Å². The first kappa shape index (κ1) is 27.3. The smallest absolute Gasteiger partial charge is 0.225 e. The van der Waals surface area contributed by atoms with Crippen molar-refractivity contribution in [1.82, 2.24) is 30.7 Å². The van der Waals surface area contributed by atoms with Crippen LogP contribution >= 0.6 is 24.0 Å². The molecule has 184 valence electrons. The highest BCUT2D eigenvalue weighted by atomic mass is 127. The molecule has 33 heavy (non-hydrogen) atoms. The summed E-state index contributed by atoms with van der Waals surface area (Å²) in [6, 6.07) is 3.90. The van der Waals surface area contributed by atoms with E-state index in [-0.39, 0.29) is 24.0 Å². The van der Waals surface area contributed by atoms with E-state index in [1.807, 2.05) is 12.1 Å². The molecular weight excluding hydrogens is 531 g/mol. The normalized spacial score (nSPS) is 14.9. The van der Waals surface area contributed by atoms with E-state index in [9.17, 15) is 0 Å². The van der Waals surface area contributed by atoms with Crippen LogP contribution in [0.25, 0.3) is 0 Å². The van der Waals surface area contributed by atoms with Gasteiger partial charge in [-0.05, 0) is 38.8 Å². The number of nitrogens with zero attached hydrogens (tertiary/aromatic N) is 6. The Balaban J connectivity index is 0.00000385. The lowest BCUT2D eigenvalue weighted by Gasteiger charge is -2.34. The molecule has 0 aromatic carbocycles. The van der Waals surface area contributed by atoms with Crippen molar-refractivity contribution in [2.75, 3.05) is 50.7 Å². The van der Waals surface area contributed by atoms with Gasteiger partial charge in [0.25, 0.3) is 0 Å². The molecule has 2 N–H and O–H groups in total. The average molecular weight is 571 g/mol. The summed E-state index contributed by atoms with van der Waals surface area (Å²) in [5.41, 5.74) is 1.04. The second-order valence-electron chi connectivity index (χ2n) is 8.08. The molecule has 0 saturated carbocycles. The van der Waals surface area contributed by atoms with Crippen LogP contribution in [-0.2, 0) is 6.54 Å². The van der Waals surface area contributed by atoms with Gasteiger partial charge in [-0.25, -0.2) is 15.0 Å². The molecule has 1 fully saturated rings. The summed E-state index contributed by atoms with van der Waals surface area (Å²) in [5, 5.41) is 11.0. The minimum atomic E-state index is 0. The molecule has 9 nitrogen and oxygen atoms in total. The SMILES string of the molecule is CCNC(=NCc1cc(C(CC)CC)no1)NCCCN1CCN(c2ncccn2)CC1.I. The minimum Gasteiger partial charge on any atom is -0.359 e. The third-order valence-corrected chi connectivity index (χ3v) is 5.87. The molecule has 2 aromatic rings. The number of anilines is 1. The van der Waals surface area contributed by atoms with Crippen molar-refractivity contribution in [3.63, 3.8) is 0 Å². The van der Waals surface area contributed by atoms with E-state index < -0.39 is 0 Å². The molecule has 0 radical (unpaired) electrons. The number of rotatable bonds is 11. The third-order valence-electron chi connectivity index (χ3n) is 5.87. The van der Waals surface area contributed by atoms with E-state index in [0.29, 0.717) is 12.5 Å². The molecule has 3 heterocycles. The Hall–Kier alpha value is -1.95. The Morgan fingerprint density at radius 2 is 1.82 bits per heavy atom. The lowest BCUT2D eigenvalue weighted by molar-refractivity contribution is 0.254. The zero-order valence-corrected chi connectivity index (χ0v) is 22.5. The van der Waals surface area contributed by atoms with Crippen LogP contribution < -0.4 is 15.5 Å². The number of nitrogens with one attached hydrogen (secondary N) is 2. The zero-order chi connectivity index (χ0) is 22.6. The van der Waals surface area contributed by atoms with Gasteiger partial charge in [-0.1, -0.05) is 19.0 Å². The van der Waals surface area contributed by atoms with Crippen molar-refractivity contribution < 1.29 is 4.52 Å². The molecule has 0 unspecified atom stereocenters. The highest BCUT2D eigenvalue weighted by molar-refractivity contribution is 14.0. The first-order chi connectivity index (χ1) is 15.7. The first-order valence-corrected chi connectivity index (χ1v) is 11.9. The van der Waals surface area contributed by atoms with Crippen molar-refractivity contribution in [3.8, 4) is 0 Å². The Bertz CT molecular complexity index is 804. The summed E-state index contributed by atoms with van der Waals surface area (Å²) >= 11 is 0. The first-order valence-electron chi connectivity index (χ1n) is 11.9. The van der Waals surface area contributed by atoms with Gasteiger partial charge in [-0.2, -0.15) is 0 Å². The van der Waals surface area contributed by atoms with Crippen LogP contribution in [0.2, 0.25) is 0 Å². The van der Waals surface area contributed by atoms with Crippen LogP contribution in [0.1, 0.15) is 57.4 Å². The van der Waals surface area contributed by atoms with E-state index >= 15 is 0 Å². The van der Waals surface area contributed by atoms with Gasteiger partial charge in [-0.15, -0.1) is 24.0 Å². The molecule has 1 aliphatic rings. The summed E-state index contributed by atoms with van der Waals surface area (Å²) in [7, 11) is 0. The lowest BCUT2D eigenvalue weighted by atomic mass is 9.99. The summed E-state index contributed by atoms with van der Waals surface area (Å²) in [6.07, 6.45) is 6.82. The van der Waals surface area contributed by atoms with Gasteiger partial charge in [0, 0.05) is 63.6 Å². The van der Waals surface area contributed by atoms with Crippen molar-refractivity contribution in [2.24, 2.45) is 4.99 Å². The number of hydrogen-bond donors (Lipinski definition) is 2. The van der Waals surface area contributed by atoms with Crippen LogP contribution in [0.4, 0.5) is 5.95 Å². The number of guanidine groups is 1. The molecule has 0 amide bonds. The molecule has 10 heteroatoms. The molecule has 0 bridgehead atoms. The fourth-order valence-electron chi connectivity index (χ4n) is 3.94. The maximum atomic E-state index is 5.49. The number of piperazine rings is 1. The molecule has 2 aromatic heterocycles. The van der Waals surface area contributed by atoms with E-state index in [1.54, 1.807) is 12.4 Å². The Morgan fingerprint density at radius 3 is 2.48 bits per heavy atom. The number of aromatic nitrogens is 3. The number of aliphatic imine (C=N–C) groups is 1. The average Bonchev–Trinajstić information content (AvgIpc) is 3.30. The van der Waals surface area contributed by atoms with Crippen LogP contribution in [-0.4, -0.2) is 71.8 Å². The zero-order valence-electron chi connectivity index (χ0n) is 20.2. The van der Waals surface area contributed by atoms with Gasteiger partial charge in [0.15, 0.2) is 11.7 Å². The van der Waals surface area contributed by atoms with Crippen LogP contribution in [0, 0.1) is 0 Å². The summed E-state index contributed by atoms with van der Waals surface area (Å²) in [5.74, 6) is 2.92. The summed E-state index contributed by atoms with van der Waals surface area (Å²) < 4.78 is 5.49. The predicted octanol–water partition coefficient (Wildman–Crippen LogP) is 3.25. The maximum absolute atomic E-state index is 5.49. The monoisotopic (exact) mass is 570 g/mol. The molecule has 0 atom stereocenters. The van der Waals surface area contributed by atoms with E-state index in [1.165, 1.54) is 0 Å². The molecular formula is C23H39IN8O. The van der Waals surface area contributed by atoms with Crippen LogP contribution in [0.15, 0.2) is 34.0 Å². The van der Waals surface area contributed by atoms with E-state index in [2.05, 4.69) is 61.3 Å². The Kier molecular flexibility index (Phi) is 12.4. The number of hydrogen-bond acceptors (Lipinski definition) is 7. The van der Waals surface area contributed by atoms with E-state index in [4.69, 9.17) is 4.52 Å². The third kappa shape index (κ3) is 8.73. The van der Waals surface area contributed by atoms with Crippen LogP contribution in [0.5, 0.6) is 0 Å². The lowest BCUT2D eigenvalue weighted by Crippen LogP contribution is -2.47. The summed E-state index contributed by atoms with van der Waals surface area (Å²) in [4.78, 5) is 18.1. The fraction of sp³-hybridized carbons (Fsp3) is 0.652. The molecule has 0 aliphatic carbocycles. The van der Waals surface area contributed by atoms with Gasteiger partial charge in [0.05, 0.1) is 5.69 Å². The van der Waals surface area contributed by atoms with Crippen molar-refractivity contribution in [1.29, 1.82) is 0 Å². The second-order valence-corrected chi connectivity index (χ2v) is 8.08. The molecule has 0 spiro atoms. The quantitative estimate of drug-likeness (QED) is 0.184. The van der Waals surface area contributed by atoms with Gasteiger partial charge < -0.3 is 20.1 Å². The largest absolute Gasteiger partial charge is 0.359 e. The summed E-state index contributed by atoms with van der Waals surface area (Å²) in [6.45, 7) is 13.7. The van der Waals surface area contributed by atoms with Gasteiger partial charge in [0.2, 0.25) is 5.95 Å². The predicted molar refractivity (Wildman–Crippen MR) is 143 cm³/mol. The van der Waals surface area contributed by atoms with Gasteiger partial charge in [0.1, 0.15) is 6.54 Å². The highest BCUT2D eigenvalue weighted by Gasteiger charge is 2.18. The van der Waals surface area contributed by atoms with Crippen LogP contribution in [0.3, 0.4) is 0 Å². The maximum Gasteiger partial charge on any atom is 0.225 e. The highest BCUT2D eigenvalue weighted by Crippen LogP contribution is 2.22. The van der Waals surface area contributed by atoms with Crippen molar-refractivity contribution in [3.05, 3.63) is 36.0 Å². The molecule has 1 aliphatic heterocycles.